The summed E-state index contributed by atoms with van der Waals surface area (Å²) in [5, 5.41) is 6.96. The van der Waals surface area contributed by atoms with Crippen LogP contribution in [0, 0.1) is 6.92 Å². The molecule has 2 N–H and O–H groups in total. The van der Waals surface area contributed by atoms with Crippen molar-refractivity contribution in [2.75, 3.05) is 16.8 Å². The normalized spacial score (nSPS) is 25.2. The van der Waals surface area contributed by atoms with E-state index in [1.54, 1.807) is 0 Å². The van der Waals surface area contributed by atoms with Crippen molar-refractivity contribution in [1.29, 1.82) is 0 Å². The first-order valence-corrected chi connectivity index (χ1v) is 11.1. The molecule has 136 valence electrons. The summed E-state index contributed by atoms with van der Waals surface area (Å²) in [6.07, 6.45) is 0.877. The van der Waals surface area contributed by atoms with Gasteiger partial charge in [-0.1, -0.05) is 24.8 Å². The number of benzene rings is 1. The molecule has 0 radical (unpaired) electrons. The maximum Gasteiger partial charge on any atom is 0.251 e. The summed E-state index contributed by atoms with van der Waals surface area (Å²) < 4.78 is 23.3. The molecular formula is C17H23N3O3S2. The van der Waals surface area contributed by atoms with Crippen LogP contribution in [-0.2, 0) is 9.84 Å². The molecule has 3 atom stereocenters. The Hall–Kier alpha value is -1.54. The number of amidine groups is 1. The molecule has 6 nitrogen and oxygen atoms in total. The molecule has 0 aliphatic carbocycles. The number of carbonyl (C=O) groups is 1. The third-order valence-corrected chi connectivity index (χ3v) is 7.69. The van der Waals surface area contributed by atoms with Crippen molar-refractivity contribution in [3.05, 3.63) is 29.3 Å². The van der Waals surface area contributed by atoms with Crippen LogP contribution in [0.15, 0.2) is 23.2 Å². The average molecular weight is 382 g/mol. The first-order chi connectivity index (χ1) is 11.8. The predicted octanol–water partition coefficient (Wildman–Crippen LogP) is 2.20. The number of nitrogens with zero attached hydrogens (tertiary/aromatic N) is 1. The number of fused-ring (bicyclic) bond motifs is 1. The third-order valence-electron chi connectivity index (χ3n) is 4.55. The maximum atomic E-state index is 12.3. The Kier molecular flexibility index (Phi) is 5.11. The highest BCUT2D eigenvalue weighted by Gasteiger charge is 2.42. The van der Waals surface area contributed by atoms with E-state index in [4.69, 9.17) is 0 Å². The number of amides is 1. The zero-order valence-electron chi connectivity index (χ0n) is 14.6. The summed E-state index contributed by atoms with van der Waals surface area (Å²) in [5.74, 6) is 0.223. The fraction of sp³-hybridized carbons (Fsp3) is 0.529. The second-order valence-electron chi connectivity index (χ2n) is 6.67. The molecule has 0 unspecified atom stereocenters. The van der Waals surface area contributed by atoms with Crippen LogP contribution in [0.4, 0.5) is 5.69 Å². The van der Waals surface area contributed by atoms with Gasteiger partial charge in [0.05, 0.1) is 17.5 Å². The predicted molar refractivity (Wildman–Crippen MR) is 103 cm³/mol. The second-order valence-corrected chi connectivity index (χ2v) is 10.1. The molecule has 0 saturated carbocycles. The van der Waals surface area contributed by atoms with Gasteiger partial charge >= 0.3 is 0 Å². The highest BCUT2D eigenvalue weighted by atomic mass is 32.2. The van der Waals surface area contributed by atoms with E-state index in [1.165, 1.54) is 11.8 Å². The van der Waals surface area contributed by atoms with Crippen molar-refractivity contribution in [1.82, 2.24) is 5.32 Å². The number of thioether (sulfide) groups is 1. The molecule has 1 aromatic carbocycles. The van der Waals surface area contributed by atoms with Crippen LogP contribution in [0.5, 0.6) is 0 Å². The average Bonchev–Trinajstić information content (AvgIpc) is 3.01. The van der Waals surface area contributed by atoms with Crippen LogP contribution in [0.25, 0.3) is 0 Å². The summed E-state index contributed by atoms with van der Waals surface area (Å²) in [4.78, 5) is 16.8. The number of nitrogens with one attached hydrogen (secondary N) is 2. The molecule has 8 heteroatoms. The fourth-order valence-corrected chi connectivity index (χ4v) is 6.51. The molecule has 0 spiro atoms. The van der Waals surface area contributed by atoms with Gasteiger partial charge in [0.25, 0.3) is 5.91 Å². The number of hydrogen-bond acceptors (Lipinski definition) is 6. The molecule has 2 aliphatic heterocycles. The van der Waals surface area contributed by atoms with Crippen molar-refractivity contribution in [2.45, 2.75) is 44.5 Å². The monoisotopic (exact) mass is 381 g/mol. The Morgan fingerprint density at radius 1 is 1.40 bits per heavy atom. The molecular weight excluding hydrogens is 358 g/mol. The molecule has 0 bridgehead atoms. The Balaban J connectivity index is 1.73. The minimum Gasteiger partial charge on any atom is -0.350 e. The van der Waals surface area contributed by atoms with Crippen LogP contribution in [-0.4, -0.2) is 48.3 Å². The van der Waals surface area contributed by atoms with Gasteiger partial charge in [-0.3, -0.25) is 9.79 Å². The minimum atomic E-state index is -2.95. The Labute approximate surface area is 152 Å². The Morgan fingerprint density at radius 2 is 2.16 bits per heavy atom. The molecule has 3 rings (SSSR count). The van der Waals surface area contributed by atoms with Gasteiger partial charge in [0, 0.05) is 22.5 Å². The second kappa shape index (κ2) is 6.99. The van der Waals surface area contributed by atoms with E-state index in [0.29, 0.717) is 5.56 Å². The summed E-state index contributed by atoms with van der Waals surface area (Å²) >= 11 is 1.47. The topological polar surface area (TPSA) is 87.6 Å². The van der Waals surface area contributed by atoms with E-state index < -0.39 is 9.84 Å². The van der Waals surface area contributed by atoms with E-state index in [0.717, 1.165) is 22.8 Å². The maximum absolute atomic E-state index is 12.3. The van der Waals surface area contributed by atoms with Gasteiger partial charge in [-0.15, -0.1) is 0 Å². The number of anilines is 1. The third kappa shape index (κ3) is 4.17. The lowest BCUT2D eigenvalue weighted by molar-refractivity contribution is 0.0939. The van der Waals surface area contributed by atoms with Crippen LogP contribution in [0.2, 0.25) is 0 Å². The van der Waals surface area contributed by atoms with Crippen LogP contribution < -0.4 is 10.6 Å². The van der Waals surface area contributed by atoms with Gasteiger partial charge in [-0.2, -0.15) is 0 Å². The van der Waals surface area contributed by atoms with E-state index >= 15 is 0 Å². The number of rotatable bonds is 4. The van der Waals surface area contributed by atoms with Crippen LogP contribution in [0.3, 0.4) is 0 Å². The first kappa shape index (κ1) is 18.3. The fourth-order valence-electron chi connectivity index (χ4n) is 2.84. The van der Waals surface area contributed by atoms with Gasteiger partial charge < -0.3 is 10.6 Å². The van der Waals surface area contributed by atoms with E-state index in [9.17, 15) is 13.2 Å². The van der Waals surface area contributed by atoms with Crippen molar-refractivity contribution in [3.8, 4) is 0 Å². The number of aryl methyl sites for hydroxylation is 1. The number of carbonyl (C=O) groups excluding carboxylic acids is 1. The van der Waals surface area contributed by atoms with Crippen molar-refractivity contribution < 1.29 is 13.2 Å². The highest BCUT2D eigenvalue weighted by Crippen LogP contribution is 2.35. The summed E-state index contributed by atoms with van der Waals surface area (Å²) in [6.45, 7) is 5.96. The summed E-state index contributed by atoms with van der Waals surface area (Å²) in [6, 6.07) is 5.50. The van der Waals surface area contributed by atoms with Gasteiger partial charge in [0.15, 0.2) is 15.0 Å². The lowest BCUT2D eigenvalue weighted by Crippen LogP contribution is -2.32. The quantitative estimate of drug-likeness (QED) is 0.835. The molecule has 1 fully saturated rings. The van der Waals surface area contributed by atoms with Gasteiger partial charge in [-0.05, 0) is 38.0 Å². The van der Waals surface area contributed by atoms with Crippen molar-refractivity contribution >= 4 is 38.4 Å². The Bertz CT molecular complexity index is 820. The lowest BCUT2D eigenvalue weighted by Gasteiger charge is -2.14. The minimum absolute atomic E-state index is 0.00434. The molecule has 1 aromatic rings. The molecule has 1 saturated heterocycles. The number of sulfone groups is 1. The molecule has 0 aromatic heterocycles. The van der Waals surface area contributed by atoms with Gasteiger partial charge in [0.2, 0.25) is 0 Å². The molecule has 2 heterocycles. The van der Waals surface area contributed by atoms with Crippen LogP contribution >= 0.6 is 11.8 Å². The lowest BCUT2D eigenvalue weighted by atomic mass is 10.1. The first-order valence-electron chi connectivity index (χ1n) is 8.41. The SMILES string of the molecule is CC[C@H](C)NC(=O)c1ccc(C)c(NC2=N[C@H]3CS(=O)(=O)C[C@H]3S2)c1. The van der Waals surface area contributed by atoms with Crippen LogP contribution in [0.1, 0.15) is 36.2 Å². The smallest absolute Gasteiger partial charge is 0.251 e. The summed E-state index contributed by atoms with van der Waals surface area (Å²) in [7, 11) is -2.95. The largest absolute Gasteiger partial charge is 0.350 e. The standard InChI is InChI=1S/C17H23N3O3S2/c1-4-11(3)18-16(21)12-6-5-10(2)13(7-12)19-17-20-14-8-25(22,23)9-15(14)24-17/h5-7,11,14-15H,4,8-9H2,1-3H3,(H,18,21)(H,19,20)/t11-,14-,15+/m0/s1. The molecule has 25 heavy (non-hydrogen) atoms. The zero-order valence-corrected chi connectivity index (χ0v) is 16.2. The van der Waals surface area contributed by atoms with E-state index in [2.05, 4.69) is 15.6 Å². The van der Waals surface area contributed by atoms with Gasteiger partial charge in [0.1, 0.15) is 0 Å². The molecule has 1 amide bonds. The number of hydrogen-bond donors (Lipinski definition) is 2. The summed E-state index contributed by atoms with van der Waals surface area (Å²) in [5.41, 5.74) is 2.43. The molecule has 2 aliphatic rings. The zero-order chi connectivity index (χ0) is 18.2. The highest BCUT2D eigenvalue weighted by molar-refractivity contribution is 8.15. The van der Waals surface area contributed by atoms with E-state index in [1.807, 2.05) is 39.0 Å². The van der Waals surface area contributed by atoms with Gasteiger partial charge in [-0.25, -0.2) is 8.42 Å². The Morgan fingerprint density at radius 3 is 2.84 bits per heavy atom. The number of aliphatic imine (C=N–C) groups is 1. The van der Waals surface area contributed by atoms with E-state index in [-0.39, 0.29) is 34.7 Å². The van der Waals surface area contributed by atoms with Crippen molar-refractivity contribution in [3.63, 3.8) is 0 Å². The van der Waals surface area contributed by atoms with Crippen molar-refractivity contribution in [2.24, 2.45) is 4.99 Å².